The summed E-state index contributed by atoms with van der Waals surface area (Å²) in [5.74, 6) is -0.0258. The van der Waals surface area contributed by atoms with E-state index in [4.69, 9.17) is 39.9 Å². The SMILES string of the molecule is O=C(Nc1ccc(-n2cc(-c3ccncc3)c(-c3ccc(Cl)c(O)c3)n2)cc1)Nc1cccc(Cl)c1Cl. The molecular weight excluding hydrogens is 533 g/mol. The van der Waals surface area contributed by atoms with Gasteiger partial charge in [0, 0.05) is 35.4 Å². The first-order valence-electron chi connectivity index (χ1n) is 11.0. The number of urea groups is 1. The first-order valence-corrected chi connectivity index (χ1v) is 12.1. The number of pyridine rings is 1. The van der Waals surface area contributed by atoms with Crippen molar-refractivity contribution < 1.29 is 9.90 Å². The molecule has 10 heteroatoms. The normalized spacial score (nSPS) is 10.8. The van der Waals surface area contributed by atoms with E-state index in [9.17, 15) is 9.90 Å². The molecule has 37 heavy (non-hydrogen) atoms. The Kier molecular flexibility index (Phi) is 7.01. The van der Waals surface area contributed by atoms with Crippen LogP contribution in [0.5, 0.6) is 5.75 Å². The fourth-order valence-corrected chi connectivity index (χ4v) is 4.17. The van der Waals surface area contributed by atoms with Gasteiger partial charge in [-0.2, -0.15) is 5.10 Å². The molecule has 0 aliphatic heterocycles. The number of carbonyl (C=O) groups excluding carboxylic acids is 1. The summed E-state index contributed by atoms with van der Waals surface area (Å²) in [5.41, 5.74) is 4.89. The number of phenols is 1. The molecule has 0 spiro atoms. The van der Waals surface area contributed by atoms with Gasteiger partial charge in [0.2, 0.25) is 0 Å². The van der Waals surface area contributed by atoms with Crippen molar-refractivity contribution in [3.63, 3.8) is 0 Å². The lowest BCUT2D eigenvalue weighted by atomic mass is 10.0. The standard InChI is InChI=1S/C27H18Cl3N5O2/c28-21-9-4-17(14-24(21)36)26-20(16-10-12-31-13-11-16)15-35(34-26)19-7-5-18(6-8-19)32-27(37)33-23-3-1-2-22(29)25(23)30/h1-15,36H,(H2,32,33,37). The van der Waals surface area contributed by atoms with Crippen LogP contribution in [-0.4, -0.2) is 25.9 Å². The Hall–Kier alpha value is -4.04. The number of anilines is 2. The van der Waals surface area contributed by atoms with Crippen molar-refractivity contribution in [3.05, 3.63) is 106 Å². The molecule has 0 bridgehead atoms. The van der Waals surface area contributed by atoms with Gasteiger partial charge in [-0.1, -0.05) is 46.9 Å². The molecule has 7 nitrogen and oxygen atoms in total. The van der Waals surface area contributed by atoms with Gasteiger partial charge in [0.25, 0.3) is 0 Å². The smallest absolute Gasteiger partial charge is 0.323 e. The molecule has 2 amide bonds. The lowest BCUT2D eigenvalue weighted by molar-refractivity contribution is 0.262. The quantitative estimate of drug-likeness (QED) is 0.207. The van der Waals surface area contributed by atoms with Crippen LogP contribution in [0, 0.1) is 0 Å². The number of benzene rings is 3. The zero-order chi connectivity index (χ0) is 25.9. The molecular formula is C27H18Cl3N5O2. The maximum absolute atomic E-state index is 12.4. The first kappa shape index (κ1) is 24.6. The molecule has 3 aromatic carbocycles. The third-order valence-electron chi connectivity index (χ3n) is 5.51. The maximum Gasteiger partial charge on any atom is 0.323 e. The molecule has 5 rings (SSSR count). The van der Waals surface area contributed by atoms with Gasteiger partial charge in [-0.25, -0.2) is 9.48 Å². The number of halogens is 3. The van der Waals surface area contributed by atoms with Crippen molar-refractivity contribution >= 4 is 52.2 Å². The number of nitrogens with zero attached hydrogens (tertiary/aromatic N) is 3. The summed E-state index contributed by atoms with van der Waals surface area (Å²) in [6.45, 7) is 0. The molecule has 0 atom stereocenters. The Morgan fingerprint density at radius 3 is 2.32 bits per heavy atom. The van der Waals surface area contributed by atoms with Crippen LogP contribution in [0.1, 0.15) is 0 Å². The number of phenolic OH excluding ortho intramolecular Hbond substituents is 1. The van der Waals surface area contributed by atoms with Crippen molar-refractivity contribution in [1.82, 2.24) is 14.8 Å². The summed E-state index contributed by atoms with van der Waals surface area (Å²) in [6.07, 6.45) is 5.31. The molecule has 184 valence electrons. The van der Waals surface area contributed by atoms with Crippen LogP contribution in [0.4, 0.5) is 16.2 Å². The zero-order valence-corrected chi connectivity index (χ0v) is 21.3. The van der Waals surface area contributed by atoms with E-state index in [1.165, 1.54) is 0 Å². The van der Waals surface area contributed by atoms with E-state index in [1.54, 1.807) is 65.6 Å². The molecule has 0 fully saturated rings. The number of nitrogens with one attached hydrogen (secondary N) is 2. The van der Waals surface area contributed by atoms with E-state index >= 15 is 0 Å². The predicted molar refractivity (Wildman–Crippen MR) is 148 cm³/mol. The maximum atomic E-state index is 12.4. The van der Waals surface area contributed by atoms with E-state index in [0.717, 1.165) is 16.8 Å². The lowest BCUT2D eigenvalue weighted by Gasteiger charge is -2.10. The molecule has 0 saturated carbocycles. The average Bonchev–Trinajstić information content (AvgIpc) is 3.35. The molecule has 0 unspecified atom stereocenters. The van der Waals surface area contributed by atoms with Crippen molar-refractivity contribution in [2.45, 2.75) is 0 Å². The minimum Gasteiger partial charge on any atom is -0.506 e. The summed E-state index contributed by atoms with van der Waals surface area (Å²) >= 11 is 18.2. The van der Waals surface area contributed by atoms with Crippen molar-refractivity contribution in [2.75, 3.05) is 10.6 Å². The van der Waals surface area contributed by atoms with Gasteiger partial charge >= 0.3 is 6.03 Å². The van der Waals surface area contributed by atoms with Crippen LogP contribution < -0.4 is 10.6 Å². The van der Waals surface area contributed by atoms with E-state index < -0.39 is 6.03 Å². The van der Waals surface area contributed by atoms with Crippen LogP contribution in [0.3, 0.4) is 0 Å². The summed E-state index contributed by atoms with van der Waals surface area (Å²) in [4.78, 5) is 16.5. The van der Waals surface area contributed by atoms with E-state index in [0.29, 0.717) is 27.7 Å². The number of carbonyl (C=O) groups is 1. The van der Waals surface area contributed by atoms with Crippen LogP contribution in [0.15, 0.2) is 91.4 Å². The van der Waals surface area contributed by atoms with Crippen LogP contribution >= 0.6 is 34.8 Å². The summed E-state index contributed by atoms with van der Waals surface area (Å²) in [6, 6.07) is 20.5. The molecule has 0 aliphatic carbocycles. The Bertz CT molecular complexity index is 1590. The Morgan fingerprint density at radius 1 is 0.838 bits per heavy atom. The second kappa shape index (κ2) is 10.5. The highest BCUT2D eigenvalue weighted by Gasteiger charge is 2.16. The number of hydrogen-bond acceptors (Lipinski definition) is 4. The highest BCUT2D eigenvalue weighted by atomic mass is 35.5. The lowest BCUT2D eigenvalue weighted by Crippen LogP contribution is -2.19. The van der Waals surface area contributed by atoms with Crippen LogP contribution in [0.2, 0.25) is 15.1 Å². The van der Waals surface area contributed by atoms with Gasteiger partial charge in [0.05, 0.1) is 26.4 Å². The zero-order valence-electron chi connectivity index (χ0n) is 19.0. The summed E-state index contributed by atoms with van der Waals surface area (Å²) < 4.78 is 1.73. The Morgan fingerprint density at radius 2 is 1.59 bits per heavy atom. The van der Waals surface area contributed by atoms with Crippen LogP contribution in [-0.2, 0) is 0 Å². The minimum absolute atomic E-state index is 0.0258. The molecule has 0 radical (unpaired) electrons. The van der Waals surface area contributed by atoms with E-state index in [1.807, 2.05) is 30.5 Å². The fourth-order valence-electron chi connectivity index (χ4n) is 3.70. The number of amides is 2. The summed E-state index contributed by atoms with van der Waals surface area (Å²) in [5, 5.41) is 21.2. The van der Waals surface area contributed by atoms with Crippen molar-refractivity contribution in [2.24, 2.45) is 0 Å². The second-order valence-corrected chi connectivity index (χ2v) is 9.16. The van der Waals surface area contributed by atoms with Gasteiger partial charge in [-0.05, 0) is 66.2 Å². The molecule has 3 N–H and O–H groups in total. The predicted octanol–water partition coefficient (Wildman–Crippen LogP) is 7.91. The van der Waals surface area contributed by atoms with Crippen LogP contribution in [0.25, 0.3) is 28.1 Å². The molecule has 2 aromatic heterocycles. The largest absolute Gasteiger partial charge is 0.506 e. The van der Waals surface area contributed by atoms with Gasteiger partial charge in [-0.3, -0.25) is 4.98 Å². The van der Waals surface area contributed by atoms with Gasteiger partial charge in [0.1, 0.15) is 11.4 Å². The Balaban J connectivity index is 1.41. The third-order valence-corrected chi connectivity index (χ3v) is 6.65. The monoisotopic (exact) mass is 549 g/mol. The average molecular weight is 551 g/mol. The highest BCUT2D eigenvalue weighted by Crippen LogP contribution is 2.35. The van der Waals surface area contributed by atoms with Gasteiger partial charge < -0.3 is 15.7 Å². The van der Waals surface area contributed by atoms with E-state index in [-0.39, 0.29) is 15.8 Å². The third kappa shape index (κ3) is 5.39. The van der Waals surface area contributed by atoms with E-state index in [2.05, 4.69) is 15.6 Å². The van der Waals surface area contributed by atoms with Crippen molar-refractivity contribution in [3.8, 4) is 33.8 Å². The van der Waals surface area contributed by atoms with Crippen molar-refractivity contribution in [1.29, 1.82) is 0 Å². The second-order valence-electron chi connectivity index (χ2n) is 7.97. The molecule has 2 heterocycles. The number of rotatable bonds is 5. The topological polar surface area (TPSA) is 92.1 Å². The first-order chi connectivity index (χ1) is 17.9. The fraction of sp³-hybridized carbons (Fsp3) is 0. The number of hydrogen-bond donors (Lipinski definition) is 3. The Labute approximate surface area is 227 Å². The minimum atomic E-state index is -0.458. The van der Waals surface area contributed by atoms with Gasteiger partial charge in [0.15, 0.2) is 0 Å². The molecule has 0 saturated heterocycles. The molecule has 5 aromatic rings. The highest BCUT2D eigenvalue weighted by molar-refractivity contribution is 6.44. The molecule has 0 aliphatic rings. The van der Waals surface area contributed by atoms with Gasteiger partial charge in [-0.15, -0.1) is 0 Å². The number of aromatic nitrogens is 3. The summed E-state index contributed by atoms with van der Waals surface area (Å²) in [7, 11) is 0. The number of aromatic hydroxyl groups is 1.